The van der Waals surface area contributed by atoms with Gasteiger partial charge in [-0.15, -0.1) is 0 Å². The first-order valence-electron chi connectivity index (χ1n) is 3.07. The highest BCUT2D eigenvalue weighted by Crippen LogP contribution is 2.36. The van der Waals surface area contributed by atoms with Crippen molar-refractivity contribution in [2.75, 3.05) is 0 Å². The average molecular weight is 127 g/mol. The number of hydrogen-bond donors (Lipinski definition) is 0. The van der Waals surface area contributed by atoms with E-state index in [1.807, 2.05) is 20.8 Å². The topological polar surface area (TPSA) is 26.3 Å². The second kappa shape index (κ2) is 1.72. The molecule has 1 heterocycles. The van der Waals surface area contributed by atoms with Crippen LogP contribution in [0.2, 0.25) is 0 Å². The first-order valence-corrected chi connectivity index (χ1v) is 3.07. The fourth-order valence-corrected chi connectivity index (χ4v) is 1.03. The number of hydrogen-bond acceptors (Lipinski definition) is 2. The summed E-state index contributed by atoms with van der Waals surface area (Å²) in [6, 6.07) is 0. The molecular formula is C7H11O2. The van der Waals surface area contributed by atoms with Crippen molar-refractivity contribution in [1.82, 2.24) is 0 Å². The Labute approximate surface area is 55.2 Å². The van der Waals surface area contributed by atoms with Crippen LogP contribution in [0.4, 0.5) is 0 Å². The molecule has 1 radical (unpaired) electrons. The number of cyclic esters (lactones) is 1. The van der Waals surface area contributed by atoms with Gasteiger partial charge in [0.25, 0.3) is 0 Å². The van der Waals surface area contributed by atoms with E-state index in [4.69, 9.17) is 4.74 Å². The summed E-state index contributed by atoms with van der Waals surface area (Å²) in [5, 5.41) is 0. The van der Waals surface area contributed by atoms with E-state index >= 15 is 0 Å². The Morgan fingerprint density at radius 1 is 1.56 bits per heavy atom. The van der Waals surface area contributed by atoms with Crippen LogP contribution >= 0.6 is 0 Å². The lowest BCUT2D eigenvalue weighted by molar-refractivity contribution is -0.144. The van der Waals surface area contributed by atoms with Gasteiger partial charge >= 0.3 is 5.97 Å². The largest absolute Gasteiger partial charge is 0.455 e. The van der Waals surface area contributed by atoms with Gasteiger partial charge in [-0.25, -0.2) is 0 Å². The zero-order valence-corrected chi connectivity index (χ0v) is 6.02. The standard InChI is InChI=1S/C7H11O2/c1-5-4-7(2,3)6(8)9-5/h4H2,1-3H3. The summed E-state index contributed by atoms with van der Waals surface area (Å²) in [5.41, 5.74) is -0.274. The second-order valence-electron chi connectivity index (χ2n) is 3.15. The first-order chi connectivity index (χ1) is 4.02. The lowest BCUT2D eigenvalue weighted by Crippen LogP contribution is -2.16. The van der Waals surface area contributed by atoms with Gasteiger partial charge in [-0.05, 0) is 20.8 Å². The summed E-state index contributed by atoms with van der Waals surface area (Å²) in [4.78, 5) is 10.9. The number of rotatable bonds is 0. The molecule has 0 aromatic carbocycles. The van der Waals surface area contributed by atoms with Crippen LogP contribution in [-0.2, 0) is 9.53 Å². The van der Waals surface area contributed by atoms with Gasteiger partial charge in [0, 0.05) is 6.42 Å². The van der Waals surface area contributed by atoms with Crippen molar-refractivity contribution < 1.29 is 9.53 Å². The molecular weight excluding hydrogens is 116 g/mol. The molecule has 0 N–H and O–H groups in total. The Bertz CT molecular complexity index is 138. The van der Waals surface area contributed by atoms with Gasteiger partial charge in [-0.3, -0.25) is 4.79 Å². The molecule has 0 atom stereocenters. The minimum absolute atomic E-state index is 0.0972. The van der Waals surface area contributed by atoms with Crippen LogP contribution in [0.3, 0.4) is 0 Å². The summed E-state index contributed by atoms with van der Waals surface area (Å²) < 4.78 is 4.85. The highest BCUT2D eigenvalue weighted by molar-refractivity contribution is 5.79. The monoisotopic (exact) mass is 127 g/mol. The maximum Gasteiger partial charge on any atom is 0.312 e. The predicted octanol–water partition coefficient (Wildman–Crippen LogP) is 1.51. The third-order valence-corrected chi connectivity index (χ3v) is 1.51. The van der Waals surface area contributed by atoms with E-state index in [1.54, 1.807) is 0 Å². The van der Waals surface area contributed by atoms with Crippen LogP contribution in [0.15, 0.2) is 0 Å². The molecule has 1 saturated heterocycles. The van der Waals surface area contributed by atoms with Gasteiger partial charge in [0.05, 0.1) is 5.41 Å². The SMILES string of the molecule is C[C]1CC(C)(C)C(=O)O1. The Morgan fingerprint density at radius 2 is 2.11 bits per heavy atom. The van der Waals surface area contributed by atoms with Gasteiger partial charge in [-0.2, -0.15) is 0 Å². The maximum atomic E-state index is 10.9. The minimum atomic E-state index is -0.274. The van der Waals surface area contributed by atoms with E-state index in [-0.39, 0.29) is 11.4 Å². The Morgan fingerprint density at radius 3 is 2.22 bits per heavy atom. The van der Waals surface area contributed by atoms with Crippen LogP contribution in [0.25, 0.3) is 0 Å². The third-order valence-electron chi connectivity index (χ3n) is 1.51. The molecule has 2 nitrogen and oxygen atoms in total. The molecule has 2 heteroatoms. The molecule has 0 aromatic rings. The van der Waals surface area contributed by atoms with Crippen LogP contribution < -0.4 is 0 Å². The quantitative estimate of drug-likeness (QED) is 0.461. The van der Waals surface area contributed by atoms with E-state index in [1.165, 1.54) is 0 Å². The molecule has 1 rings (SSSR count). The minimum Gasteiger partial charge on any atom is -0.455 e. The third kappa shape index (κ3) is 1.07. The van der Waals surface area contributed by atoms with Gasteiger partial charge in [0.15, 0.2) is 0 Å². The van der Waals surface area contributed by atoms with E-state index in [0.717, 1.165) is 12.5 Å². The van der Waals surface area contributed by atoms with Crippen LogP contribution in [0.1, 0.15) is 27.2 Å². The lowest BCUT2D eigenvalue weighted by Gasteiger charge is -2.08. The highest BCUT2D eigenvalue weighted by Gasteiger charge is 2.39. The Hall–Kier alpha value is -0.530. The van der Waals surface area contributed by atoms with E-state index < -0.39 is 0 Å². The molecule has 0 bridgehead atoms. The zero-order chi connectivity index (χ0) is 7.07. The molecule has 0 saturated carbocycles. The molecule has 1 aliphatic heterocycles. The fraction of sp³-hybridized carbons (Fsp3) is 0.714. The molecule has 1 fully saturated rings. The molecule has 0 unspecified atom stereocenters. The van der Waals surface area contributed by atoms with Crippen molar-refractivity contribution in [3.63, 3.8) is 0 Å². The first kappa shape index (κ1) is 6.59. The summed E-state index contributed by atoms with van der Waals surface area (Å²) in [7, 11) is 0. The van der Waals surface area contributed by atoms with Crippen molar-refractivity contribution >= 4 is 5.97 Å². The molecule has 0 amide bonds. The van der Waals surface area contributed by atoms with Gasteiger partial charge in [0.2, 0.25) is 0 Å². The van der Waals surface area contributed by atoms with E-state index in [2.05, 4.69) is 0 Å². The molecule has 51 valence electrons. The zero-order valence-electron chi connectivity index (χ0n) is 6.02. The predicted molar refractivity (Wildman–Crippen MR) is 33.4 cm³/mol. The highest BCUT2D eigenvalue weighted by atomic mass is 16.6. The Kier molecular flexibility index (Phi) is 1.26. The summed E-state index contributed by atoms with van der Waals surface area (Å²) in [6.07, 6.45) is 1.61. The molecule has 0 aliphatic carbocycles. The van der Waals surface area contributed by atoms with Gasteiger partial charge < -0.3 is 4.74 Å². The fourth-order valence-electron chi connectivity index (χ4n) is 1.03. The molecule has 9 heavy (non-hydrogen) atoms. The second-order valence-corrected chi connectivity index (χ2v) is 3.15. The summed E-state index contributed by atoms with van der Waals surface area (Å²) >= 11 is 0. The average Bonchev–Trinajstić information content (AvgIpc) is 1.79. The Balaban J connectivity index is 2.70. The van der Waals surface area contributed by atoms with Crippen molar-refractivity contribution in [2.24, 2.45) is 5.41 Å². The van der Waals surface area contributed by atoms with Crippen LogP contribution in [-0.4, -0.2) is 5.97 Å². The number of carbonyl (C=O) groups excluding carboxylic acids is 1. The van der Waals surface area contributed by atoms with Gasteiger partial charge in [-0.1, -0.05) is 0 Å². The number of esters is 1. The van der Waals surface area contributed by atoms with Crippen molar-refractivity contribution in [2.45, 2.75) is 27.2 Å². The molecule has 0 aromatic heterocycles. The lowest BCUT2D eigenvalue weighted by atomic mass is 9.90. The number of carbonyl (C=O) groups is 1. The number of ether oxygens (including phenoxy) is 1. The van der Waals surface area contributed by atoms with Crippen molar-refractivity contribution in [1.29, 1.82) is 0 Å². The van der Waals surface area contributed by atoms with Crippen LogP contribution in [0.5, 0.6) is 0 Å². The summed E-state index contributed by atoms with van der Waals surface area (Å²) in [5.74, 6) is -0.0972. The van der Waals surface area contributed by atoms with Crippen molar-refractivity contribution in [3.8, 4) is 0 Å². The maximum absolute atomic E-state index is 10.9. The normalized spacial score (nSPS) is 26.3. The van der Waals surface area contributed by atoms with Crippen molar-refractivity contribution in [3.05, 3.63) is 6.10 Å². The van der Waals surface area contributed by atoms with E-state index in [0.29, 0.717) is 0 Å². The summed E-state index contributed by atoms with van der Waals surface area (Å²) in [6.45, 7) is 5.63. The molecule has 0 spiro atoms. The van der Waals surface area contributed by atoms with Gasteiger partial charge in [0.1, 0.15) is 6.10 Å². The smallest absolute Gasteiger partial charge is 0.312 e. The molecule has 1 aliphatic rings. The van der Waals surface area contributed by atoms with Crippen LogP contribution in [0, 0.1) is 11.5 Å². The van der Waals surface area contributed by atoms with E-state index in [9.17, 15) is 4.79 Å².